The van der Waals surface area contributed by atoms with Crippen molar-refractivity contribution in [1.29, 1.82) is 0 Å². The molecule has 1 heterocycles. The summed E-state index contributed by atoms with van der Waals surface area (Å²) in [6.07, 6.45) is 2.94. The molecule has 3 unspecified atom stereocenters. The fourth-order valence-corrected chi connectivity index (χ4v) is 4.65. The highest BCUT2D eigenvalue weighted by atomic mass is 16.7. The number of ether oxygens (including phenoxy) is 1. The van der Waals surface area contributed by atoms with Crippen LogP contribution in [0.15, 0.2) is 30.3 Å². The first-order valence-corrected chi connectivity index (χ1v) is 10.4. The van der Waals surface area contributed by atoms with Gasteiger partial charge in [0, 0.05) is 24.3 Å². The van der Waals surface area contributed by atoms with Crippen molar-refractivity contribution < 1.29 is 14.4 Å². The summed E-state index contributed by atoms with van der Waals surface area (Å²) in [6, 6.07) is 10.3. The lowest BCUT2D eigenvalue weighted by atomic mass is 9.68. The number of hydrogen-bond acceptors (Lipinski definition) is 4. The van der Waals surface area contributed by atoms with Crippen LogP contribution in [-0.2, 0) is 14.4 Å². The molecule has 1 aliphatic rings. The minimum atomic E-state index is -0.236. The van der Waals surface area contributed by atoms with Crippen molar-refractivity contribution in [3.8, 4) is 0 Å². The fourth-order valence-electron chi connectivity index (χ4n) is 4.65. The van der Waals surface area contributed by atoms with Crippen LogP contribution in [0.5, 0.6) is 0 Å². The lowest BCUT2D eigenvalue weighted by Crippen LogP contribution is -2.68. The number of carbonyl (C=O) groups is 1. The molecule has 0 aromatic heterocycles. The van der Waals surface area contributed by atoms with Gasteiger partial charge in [-0.15, -0.1) is 0 Å². The fraction of sp³-hybridized carbons (Fsp3) is 0.696. The first kappa shape index (κ1) is 21.9. The topological polar surface area (TPSA) is 38.8 Å². The van der Waals surface area contributed by atoms with Crippen LogP contribution < -0.4 is 0 Å². The SMILES string of the molecule is CCC(=O)OC1CC(C)(C)N(OC(C)c2ccccc2)C(CC)(CC)C1C. The number of nitrogens with zero attached hydrogens (tertiary/aromatic N) is 1. The Labute approximate surface area is 165 Å². The van der Waals surface area contributed by atoms with Gasteiger partial charge < -0.3 is 4.74 Å². The molecule has 3 atom stereocenters. The highest BCUT2D eigenvalue weighted by Crippen LogP contribution is 2.48. The van der Waals surface area contributed by atoms with E-state index in [1.807, 2.05) is 25.1 Å². The lowest BCUT2D eigenvalue weighted by Gasteiger charge is -2.59. The smallest absolute Gasteiger partial charge is 0.305 e. The van der Waals surface area contributed by atoms with Gasteiger partial charge in [0.2, 0.25) is 0 Å². The van der Waals surface area contributed by atoms with Gasteiger partial charge in [-0.05, 0) is 39.2 Å². The quantitative estimate of drug-likeness (QED) is 0.575. The molecule has 4 nitrogen and oxygen atoms in total. The van der Waals surface area contributed by atoms with Crippen LogP contribution in [-0.4, -0.2) is 28.2 Å². The van der Waals surface area contributed by atoms with Gasteiger partial charge in [-0.2, -0.15) is 5.06 Å². The summed E-state index contributed by atoms with van der Waals surface area (Å²) in [6.45, 7) is 15.0. The lowest BCUT2D eigenvalue weighted by molar-refractivity contribution is -0.337. The van der Waals surface area contributed by atoms with Crippen LogP contribution in [0.3, 0.4) is 0 Å². The second-order valence-corrected chi connectivity index (χ2v) is 8.45. The summed E-state index contributed by atoms with van der Waals surface area (Å²) in [7, 11) is 0. The van der Waals surface area contributed by atoms with Gasteiger partial charge in [-0.3, -0.25) is 9.63 Å². The minimum Gasteiger partial charge on any atom is -0.462 e. The van der Waals surface area contributed by atoms with Crippen LogP contribution in [0.2, 0.25) is 0 Å². The van der Waals surface area contributed by atoms with Crippen molar-refractivity contribution in [2.24, 2.45) is 5.92 Å². The second-order valence-electron chi connectivity index (χ2n) is 8.45. The van der Waals surface area contributed by atoms with Gasteiger partial charge in [0.05, 0.1) is 5.54 Å². The van der Waals surface area contributed by atoms with Crippen molar-refractivity contribution >= 4 is 5.97 Å². The minimum absolute atomic E-state index is 0.0371. The standard InChI is InChI=1S/C23H37NO3/c1-8-21(25)26-20-16-22(6,7)24(23(9-2,10-3)17(20)4)27-18(5)19-14-12-11-13-15-19/h11-15,17-18,20H,8-10,16H2,1-7H3. The predicted molar refractivity (Wildman–Crippen MR) is 109 cm³/mol. The summed E-state index contributed by atoms with van der Waals surface area (Å²) in [5, 5.41) is 2.23. The van der Waals surface area contributed by atoms with Crippen LogP contribution in [0, 0.1) is 5.92 Å². The Kier molecular flexibility index (Phi) is 7.09. The van der Waals surface area contributed by atoms with E-state index in [4.69, 9.17) is 9.57 Å². The number of hydrogen-bond donors (Lipinski definition) is 0. The van der Waals surface area contributed by atoms with Crippen molar-refractivity contribution in [2.45, 2.75) is 97.4 Å². The molecule has 0 N–H and O–H groups in total. The van der Waals surface area contributed by atoms with E-state index < -0.39 is 0 Å². The molecule has 0 radical (unpaired) electrons. The molecule has 0 amide bonds. The average molecular weight is 376 g/mol. The van der Waals surface area contributed by atoms with Crippen LogP contribution in [0.4, 0.5) is 0 Å². The maximum atomic E-state index is 12.0. The zero-order chi connectivity index (χ0) is 20.2. The van der Waals surface area contributed by atoms with E-state index >= 15 is 0 Å². The Morgan fingerprint density at radius 1 is 1.19 bits per heavy atom. The maximum absolute atomic E-state index is 12.0. The molecule has 1 aromatic carbocycles. The number of benzene rings is 1. The molecular weight excluding hydrogens is 338 g/mol. The van der Waals surface area contributed by atoms with Crippen molar-refractivity contribution in [1.82, 2.24) is 5.06 Å². The third-order valence-electron chi connectivity index (χ3n) is 6.39. The number of esters is 1. The monoisotopic (exact) mass is 375 g/mol. The average Bonchev–Trinajstić information content (AvgIpc) is 2.67. The Morgan fingerprint density at radius 3 is 2.30 bits per heavy atom. The van der Waals surface area contributed by atoms with E-state index in [-0.39, 0.29) is 35.2 Å². The van der Waals surface area contributed by atoms with E-state index in [0.717, 1.165) is 19.3 Å². The highest BCUT2D eigenvalue weighted by Gasteiger charge is 2.55. The number of rotatable bonds is 7. The summed E-state index contributed by atoms with van der Waals surface area (Å²) >= 11 is 0. The summed E-state index contributed by atoms with van der Waals surface area (Å²) in [5.74, 6) is 0.0785. The first-order chi connectivity index (χ1) is 12.7. The van der Waals surface area contributed by atoms with Crippen LogP contribution >= 0.6 is 0 Å². The Morgan fingerprint density at radius 2 is 1.78 bits per heavy atom. The zero-order valence-corrected chi connectivity index (χ0v) is 18.1. The normalized spacial score (nSPS) is 25.7. The zero-order valence-electron chi connectivity index (χ0n) is 18.1. The van der Waals surface area contributed by atoms with E-state index in [0.29, 0.717) is 6.42 Å². The predicted octanol–water partition coefficient (Wildman–Crippen LogP) is 5.68. The van der Waals surface area contributed by atoms with Crippen LogP contribution in [0.1, 0.15) is 85.8 Å². The molecule has 0 aliphatic carbocycles. The van der Waals surface area contributed by atoms with Crippen LogP contribution in [0.25, 0.3) is 0 Å². The van der Waals surface area contributed by atoms with E-state index in [1.165, 1.54) is 5.56 Å². The number of carbonyl (C=O) groups excluding carboxylic acids is 1. The summed E-state index contributed by atoms with van der Waals surface area (Å²) in [5.41, 5.74) is 0.755. The summed E-state index contributed by atoms with van der Waals surface area (Å²) < 4.78 is 5.86. The maximum Gasteiger partial charge on any atom is 0.305 e. The Balaban J connectivity index is 2.35. The molecular formula is C23H37NO3. The number of piperidine rings is 1. The van der Waals surface area contributed by atoms with E-state index in [9.17, 15) is 4.79 Å². The van der Waals surface area contributed by atoms with E-state index in [1.54, 1.807) is 0 Å². The summed E-state index contributed by atoms with van der Waals surface area (Å²) in [4.78, 5) is 18.6. The van der Waals surface area contributed by atoms with Gasteiger partial charge in [-0.25, -0.2) is 0 Å². The molecule has 0 spiro atoms. The molecule has 0 saturated carbocycles. The number of hydroxylamine groups is 2. The van der Waals surface area contributed by atoms with Gasteiger partial charge >= 0.3 is 5.97 Å². The van der Waals surface area contributed by atoms with Gasteiger partial charge in [-0.1, -0.05) is 58.0 Å². The Hall–Kier alpha value is -1.39. The Bertz CT molecular complexity index is 609. The van der Waals surface area contributed by atoms with Gasteiger partial charge in [0.15, 0.2) is 0 Å². The molecule has 4 heteroatoms. The molecule has 27 heavy (non-hydrogen) atoms. The van der Waals surface area contributed by atoms with Gasteiger partial charge in [0.25, 0.3) is 0 Å². The molecule has 152 valence electrons. The second kappa shape index (κ2) is 8.74. The van der Waals surface area contributed by atoms with Crippen molar-refractivity contribution in [2.75, 3.05) is 0 Å². The highest BCUT2D eigenvalue weighted by molar-refractivity contribution is 5.69. The molecule has 0 bridgehead atoms. The van der Waals surface area contributed by atoms with E-state index in [2.05, 4.69) is 58.7 Å². The largest absolute Gasteiger partial charge is 0.462 e. The van der Waals surface area contributed by atoms with Crippen molar-refractivity contribution in [3.05, 3.63) is 35.9 Å². The van der Waals surface area contributed by atoms with Crippen molar-refractivity contribution in [3.63, 3.8) is 0 Å². The third-order valence-corrected chi connectivity index (χ3v) is 6.39. The molecule has 1 aromatic rings. The third kappa shape index (κ3) is 4.38. The molecule has 1 saturated heterocycles. The molecule has 1 fully saturated rings. The first-order valence-electron chi connectivity index (χ1n) is 10.4. The molecule has 2 rings (SSSR count). The molecule has 1 aliphatic heterocycles. The van der Waals surface area contributed by atoms with Gasteiger partial charge in [0.1, 0.15) is 12.2 Å².